The van der Waals surface area contributed by atoms with Crippen LogP contribution in [0.2, 0.25) is 0 Å². The van der Waals surface area contributed by atoms with Crippen LogP contribution in [0.3, 0.4) is 0 Å². The third kappa shape index (κ3) is 2.96. The first-order valence-corrected chi connectivity index (χ1v) is 7.68. The monoisotopic (exact) mass is 358 g/mol. The van der Waals surface area contributed by atoms with Gasteiger partial charge in [0.1, 0.15) is 0 Å². The lowest BCUT2D eigenvalue weighted by Crippen LogP contribution is -1.96. The molecule has 84 valence electrons. The van der Waals surface area contributed by atoms with Gasteiger partial charge in [-0.1, -0.05) is 44.0 Å². The number of alkyl halides is 1. The molecule has 16 heavy (non-hydrogen) atoms. The summed E-state index contributed by atoms with van der Waals surface area (Å²) in [5, 5.41) is 2.13. The molecular formula is C13H12Br2S. The van der Waals surface area contributed by atoms with Crippen LogP contribution in [-0.4, -0.2) is 0 Å². The van der Waals surface area contributed by atoms with Crippen LogP contribution in [0.4, 0.5) is 0 Å². The fraction of sp³-hybridized carbons (Fsp3) is 0.231. The summed E-state index contributed by atoms with van der Waals surface area (Å²) in [6, 6.07) is 10.7. The summed E-state index contributed by atoms with van der Waals surface area (Å²) in [6.45, 7) is 2.16. The number of hydrogen-bond donors (Lipinski definition) is 0. The Balaban J connectivity index is 2.17. The highest BCUT2D eigenvalue weighted by Gasteiger charge is 2.11. The maximum atomic E-state index is 3.77. The molecule has 1 atom stereocenters. The predicted octanol–water partition coefficient (Wildman–Crippen LogP) is 5.50. The van der Waals surface area contributed by atoms with Gasteiger partial charge in [-0.05, 0) is 48.1 Å². The Morgan fingerprint density at radius 2 is 2.12 bits per heavy atom. The zero-order valence-corrected chi connectivity index (χ0v) is 12.9. The van der Waals surface area contributed by atoms with E-state index in [1.807, 2.05) is 11.3 Å². The van der Waals surface area contributed by atoms with E-state index in [1.165, 1.54) is 16.0 Å². The van der Waals surface area contributed by atoms with Crippen LogP contribution in [0.5, 0.6) is 0 Å². The normalized spacial score (nSPS) is 12.7. The minimum Gasteiger partial charge on any atom is -0.149 e. The SMILES string of the molecule is Cc1cc(Br)ccc1C(Br)Cc1cccs1. The molecular weight excluding hydrogens is 348 g/mol. The third-order valence-electron chi connectivity index (χ3n) is 2.53. The van der Waals surface area contributed by atoms with Gasteiger partial charge in [0.05, 0.1) is 0 Å². The maximum absolute atomic E-state index is 3.77. The molecule has 0 radical (unpaired) electrons. The molecule has 0 fully saturated rings. The van der Waals surface area contributed by atoms with Crippen molar-refractivity contribution in [3.8, 4) is 0 Å². The number of benzene rings is 1. The summed E-state index contributed by atoms with van der Waals surface area (Å²) in [7, 11) is 0. The van der Waals surface area contributed by atoms with Crippen LogP contribution in [0.15, 0.2) is 40.2 Å². The lowest BCUT2D eigenvalue weighted by molar-refractivity contribution is 0.956. The molecule has 0 saturated carbocycles. The van der Waals surface area contributed by atoms with Crippen molar-refractivity contribution >= 4 is 43.2 Å². The molecule has 1 heterocycles. The largest absolute Gasteiger partial charge is 0.149 e. The molecule has 0 saturated heterocycles. The minimum atomic E-state index is 0.402. The lowest BCUT2D eigenvalue weighted by atomic mass is 10.0. The summed E-state index contributed by atoms with van der Waals surface area (Å²) >= 11 is 9.08. The molecule has 0 nitrogen and oxygen atoms in total. The molecule has 2 aromatic rings. The van der Waals surface area contributed by atoms with E-state index in [0.717, 1.165) is 10.9 Å². The van der Waals surface area contributed by atoms with Gasteiger partial charge in [-0.25, -0.2) is 0 Å². The fourth-order valence-corrected chi connectivity index (χ4v) is 4.01. The Morgan fingerprint density at radius 3 is 2.75 bits per heavy atom. The van der Waals surface area contributed by atoms with Gasteiger partial charge in [0.25, 0.3) is 0 Å². The molecule has 0 N–H and O–H groups in total. The van der Waals surface area contributed by atoms with E-state index in [-0.39, 0.29) is 0 Å². The highest BCUT2D eigenvalue weighted by atomic mass is 79.9. The zero-order chi connectivity index (χ0) is 11.5. The molecule has 0 aliphatic rings. The molecule has 0 amide bonds. The Hall–Kier alpha value is -0.120. The van der Waals surface area contributed by atoms with Gasteiger partial charge in [-0.3, -0.25) is 0 Å². The second kappa shape index (κ2) is 5.48. The quantitative estimate of drug-likeness (QED) is 0.635. The summed E-state index contributed by atoms with van der Waals surface area (Å²) < 4.78 is 1.14. The highest BCUT2D eigenvalue weighted by molar-refractivity contribution is 9.10. The van der Waals surface area contributed by atoms with Gasteiger partial charge >= 0.3 is 0 Å². The summed E-state index contributed by atoms with van der Waals surface area (Å²) in [6.07, 6.45) is 1.06. The van der Waals surface area contributed by atoms with Crippen molar-refractivity contribution < 1.29 is 0 Å². The second-order valence-corrected chi connectivity index (χ2v) is 6.81. The first-order chi connectivity index (χ1) is 7.66. The van der Waals surface area contributed by atoms with Crippen LogP contribution in [0, 0.1) is 6.92 Å². The van der Waals surface area contributed by atoms with Crippen molar-refractivity contribution in [1.29, 1.82) is 0 Å². The van der Waals surface area contributed by atoms with Crippen LogP contribution in [0.25, 0.3) is 0 Å². The van der Waals surface area contributed by atoms with E-state index in [2.05, 4.69) is 74.5 Å². The number of hydrogen-bond acceptors (Lipinski definition) is 1. The highest BCUT2D eigenvalue weighted by Crippen LogP contribution is 2.31. The van der Waals surface area contributed by atoms with Gasteiger partial charge in [0.2, 0.25) is 0 Å². The number of rotatable bonds is 3. The topological polar surface area (TPSA) is 0 Å². The van der Waals surface area contributed by atoms with E-state index in [1.54, 1.807) is 0 Å². The van der Waals surface area contributed by atoms with Crippen LogP contribution >= 0.6 is 43.2 Å². The van der Waals surface area contributed by atoms with E-state index in [9.17, 15) is 0 Å². The molecule has 3 heteroatoms. The maximum Gasteiger partial charge on any atom is 0.0446 e. The van der Waals surface area contributed by atoms with Crippen LogP contribution in [0.1, 0.15) is 20.8 Å². The van der Waals surface area contributed by atoms with Gasteiger partial charge < -0.3 is 0 Å². The zero-order valence-electron chi connectivity index (χ0n) is 8.91. The minimum absolute atomic E-state index is 0.402. The molecule has 0 spiro atoms. The number of thiophene rings is 1. The Bertz CT molecular complexity index is 463. The number of aryl methyl sites for hydroxylation is 1. The molecule has 1 aromatic carbocycles. The van der Waals surface area contributed by atoms with E-state index in [4.69, 9.17) is 0 Å². The predicted molar refractivity (Wildman–Crippen MR) is 78.6 cm³/mol. The van der Waals surface area contributed by atoms with E-state index >= 15 is 0 Å². The van der Waals surface area contributed by atoms with Gasteiger partial charge in [-0.2, -0.15) is 0 Å². The Kier molecular flexibility index (Phi) is 4.22. The molecule has 0 aliphatic heterocycles. The van der Waals surface area contributed by atoms with E-state index < -0.39 is 0 Å². The summed E-state index contributed by atoms with van der Waals surface area (Å²) in [4.78, 5) is 1.82. The summed E-state index contributed by atoms with van der Waals surface area (Å²) in [5.74, 6) is 0. The summed E-state index contributed by atoms with van der Waals surface area (Å²) in [5.41, 5.74) is 2.70. The lowest BCUT2D eigenvalue weighted by Gasteiger charge is -2.12. The van der Waals surface area contributed by atoms with Crippen molar-refractivity contribution in [2.75, 3.05) is 0 Å². The molecule has 1 unspecified atom stereocenters. The van der Waals surface area contributed by atoms with Crippen LogP contribution < -0.4 is 0 Å². The smallest absolute Gasteiger partial charge is 0.0446 e. The fourth-order valence-electron chi connectivity index (χ4n) is 1.71. The van der Waals surface area contributed by atoms with Gasteiger partial charge in [0.15, 0.2) is 0 Å². The van der Waals surface area contributed by atoms with Crippen molar-refractivity contribution in [3.05, 3.63) is 56.2 Å². The van der Waals surface area contributed by atoms with Crippen molar-refractivity contribution in [2.45, 2.75) is 18.2 Å². The molecule has 2 rings (SSSR count). The first kappa shape index (κ1) is 12.3. The molecule has 0 bridgehead atoms. The van der Waals surface area contributed by atoms with E-state index in [0.29, 0.717) is 4.83 Å². The Morgan fingerprint density at radius 1 is 1.31 bits per heavy atom. The van der Waals surface area contributed by atoms with Crippen LogP contribution in [-0.2, 0) is 6.42 Å². The molecule has 0 aliphatic carbocycles. The average Bonchev–Trinajstić information content (AvgIpc) is 2.70. The van der Waals surface area contributed by atoms with Crippen molar-refractivity contribution in [2.24, 2.45) is 0 Å². The van der Waals surface area contributed by atoms with Gasteiger partial charge in [0, 0.05) is 14.2 Å². The average molecular weight is 360 g/mol. The molecule has 1 aromatic heterocycles. The van der Waals surface area contributed by atoms with Gasteiger partial charge in [-0.15, -0.1) is 11.3 Å². The third-order valence-corrected chi connectivity index (χ3v) is 4.74. The van der Waals surface area contributed by atoms with Crippen molar-refractivity contribution in [3.63, 3.8) is 0 Å². The Labute approximate surface area is 117 Å². The number of halogens is 2. The second-order valence-electron chi connectivity index (χ2n) is 3.75. The first-order valence-electron chi connectivity index (χ1n) is 5.09. The standard InChI is InChI=1S/C13H12Br2S/c1-9-7-10(14)4-5-12(9)13(15)8-11-3-2-6-16-11/h2-7,13H,8H2,1H3. The van der Waals surface area contributed by atoms with Crippen molar-refractivity contribution in [1.82, 2.24) is 0 Å².